The van der Waals surface area contributed by atoms with Gasteiger partial charge in [0, 0.05) is 19.0 Å². The van der Waals surface area contributed by atoms with Crippen LogP contribution >= 0.6 is 0 Å². The van der Waals surface area contributed by atoms with Crippen molar-refractivity contribution in [1.82, 2.24) is 9.88 Å². The fraction of sp³-hybridized carbons (Fsp3) is 0.692. The average Bonchev–Trinajstić information content (AvgIpc) is 3.04. The normalized spacial score (nSPS) is 18.7. The quantitative estimate of drug-likeness (QED) is 0.768. The maximum absolute atomic E-state index is 13.0. The Morgan fingerprint density at radius 3 is 2.26 bits per heavy atom. The molecule has 0 bridgehead atoms. The van der Waals surface area contributed by atoms with Gasteiger partial charge in [0.2, 0.25) is 0 Å². The van der Waals surface area contributed by atoms with E-state index in [0.717, 1.165) is 6.39 Å². The summed E-state index contributed by atoms with van der Waals surface area (Å²) in [5, 5.41) is 0. The molecular formula is C13H14F6N2O2. The van der Waals surface area contributed by atoms with E-state index in [2.05, 4.69) is 4.98 Å². The molecule has 1 aliphatic heterocycles. The van der Waals surface area contributed by atoms with Crippen molar-refractivity contribution in [2.75, 3.05) is 13.1 Å². The first kappa shape index (κ1) is 17.6. The molecule has 1 aromatic heterocycles. The molecular weight excluding hydrogens is 330 g/mol. The fourth-order valence-corrected chi connectivity index (χ4v) is 2.58. The number of aromatic nitrogens is 1. The SMILES string of the molecule is CC(C)c1ocnc1C(=O)N1CCC(C(F)(F)F)(C(F)(F)F)C1. The van der Waals surface area contributed by atoms with Gasteiger partial charge in [0.25, 0.3) is 5.91 Å². The van der Waals surface area contributed by atoms with Gasteiger partial charge in [0.15, 0.2) is 17.5 Å². The molecule has 0 aliphatic carbocycles. The Balaban J connectivity index is 2.31. The first-order chi connectivity index (χ1) is 10.4. The zero-order valence-electron chi connectivity index (χ0n) is 12.3. The van der Waals surface area contributed by atoms with Crippen molar-refractivity contribution in [2.24, 2.45) is 5.41 Å². The van der Waals surface area contributed by atoms with Crippen LogP contribution in [0.4, 0.5) is 26.3 Å². The predicted octanol–water partition coefficient (Wildman–Crippen LogP) is 3.75. The number of carbonyl (C=O) groups is 1. The summed E-state index contributed by atoms with van der Waals surface area (Å²) < 4.78 is 83.0. The third kappa shape index (κ3) is 2.78. The van der Waals surface area contributed by atoms with Crippen molar-refractivity contribution in [3.05, 3.63) is 17.8 Å². The van der Waals surface area contributed by atoms with Gasteiger partial charge in [-0.2, -0.15) is 26.3 Å². The monoisotopic (exact) mass is 344 g/mol. The van der Waals surface area contributed by atoms with Crippen LogP contribution in [0.15, 0.2) is 10.8 Å². The lowest BCUT2D eigenvalue weighted by molar-refractivity contribution is -0.334. The Labute approximate surface area is 127 Å². The van der Waals surface area contributed by atoms with Crippen molar-refractivity contribution in [3.63, 3.8) is 0 Å². The van der Waals surface area contributed by atoms with Crippen molar-refractivity contribution in [1.29, 1.82) is 0 Å². The highest BCUT2D eigenvalue weighted by molar-refractivity contribution is 5.93. The zero-order chi connectivity index (χ0) is 17.6. The summed E-state index contributed by atoms with van der Waals surface area (Å²) in [5.74, 6) is -1.14. The number of amides is 1. The Kier molecular flexibility index (Phi) is 4.15. The van der Waals surface area contributed by atoms with Gasteiger partial charge in [-0.1, -0.05) is 13.8 Å². The van der Waals surface area contributed by atoms with E-state index in [1.54, 1.807) is 13.8 Å². The second kappa shape index (κ2) is 5.41. The van der Waals surface area contributed by atoms with Gasteiger partial charge in [-0.15, -0.1) is 0 Å². The Hall–Kier alpha value is -1.74. The van der Waals surface area contributed by atoms with Crippen LogP contribution in [0.2, 0.25) is 0 Å². The lowest BCUT2D eigenvalue weighted by Gasteiger charge is -2.33. The molecule has 0 aromatic carbocycles. The lowest BCUT2D eigenvalue weighted by Crippen LogP contribution is -2.52. The third-order valence-electron chi connectivity index (χ3n) is 3.96. The van der Waals surface area contributed by atoms with E-state index < -0.39 is 43.2 Å². The Morgan fingerprint density at radius 1 is 1.26 bits per heavy atom. The van der Waals surface area contributed by atoms with E-state index in [-0.39, 0.29) is 17.4 Å². The van der Waals surface area contributed by atoms with E-state index in [9.17, 15) is 31.1 Å². The number of alkyl halides is 6. The minimum absolute atomic E-state index is 0.131. The molecule has 2 rings (SSSR count). The van der Waals surface area contributed by atoms with E-state index in [1.165, 1.54) is 0 Å². The van der Waals surface area contributed by atoms with Crippen LogP contribution in [0.5, 0.6) is 0 Å². The molecule has 0 atom stereocenters. The lowest BCUT2D eigenvalue weighted by atomic mass is 9.85. The molecule has 4 nitrogen and oxygen atoms in total. The summed E-state index contributed by atoms with van der Waals surface area (Å²) in [6.45, 7) is 1.21. The standard InChI is InChI=1S/C13H14F6N2O2/c1-7(2)9-8(20-6-23-9)10(22)21-4-3-11(5-21,12(14,15)16)13(17,18)19/h6-7H,3-5H2,1-2H3. The van der Waals surface area contributed by atoms with Crippen molar-refractivity contribution < 1.29 is 35.6 Å². The third-order valence-corrected chi connectivity index (χ3v) is 3.96. The fourth-order valence-electron chi connectivity index (χ4n) is 2.58. The summed E-state index contributed by atoms with van der Waals surface area (Å²) in [6, 6.07) is 0. The number of hydrogen-bond donors (Lipinski definition) is 0. The summed E-state index contributed by atoms with van der Waals surface area (Å²) >= 11 is 0. The van der Waals surface area contributed by atoms with Gasteiger partial charge in [-0.25, -0.2) is 4.98 Å². The average molecular weight is 344 g/mol. The van der Waals surface area contributed by atoms with Crippen molar-refractivity contribution in [2.45, 2.75) is 38.5 Å². The molecule has 10 heteroatoms. The van der Waals surface area contributed by atoms with E-state index >= 15 is 0 Å². The number of oxazole rings is 1. The molecule has 0 unspecified atom stereocenters. The topological polar surface area (TPSA) is 46.3 Å². The summed E-state index contributed by atoms with van der Waals surface area (Å²) in [4.78, 5) is 16.4. The number of likely N-dealkylation sites (tertiary alicyclic amines) is 1. The highest BCUT2D eigenvalue weighted by Crippen LogP contribution is 2.55. The first-order valence-electron chi connectivity index (χ1n) is 6.77. The Morgan fingerprint density at radius 2 is 1.83 bits per heavy atom. The Bertz CT molecular complexity index is 576. The zero-order valence-corrected chi connectivity index (χ0v) is 12.3. The maximum Gasteiger partial charge on any atom is 0.404 e. The minimum atomic E-state index is -5.50. The van der Waals surface area contributed by atoms with Gasteiger partial charge >= 0.3 is 12.4 Å². The van der Waals surface area contributed by atoms with Crippen LogP contribution in [-0.2, 0) is 0 Å². The predicted molar refractivity (Wildman–Crippen MR) is 65.7 cm³/mol. The maximum atomic E-state index is 13.0. The highest BCUT2D eigenvalue weighted by atomic mass is 19.4. The van der Waals surface area contributed by atoms with Crippen molar-refractivity contribution >= 4 is 5.91 Å². The second-order valence-electron chi connectivity index (χ2n) is 5.77. The van der Waals surface area contributed by atoms with Gasteiger partial charge < -0.3 is 9.32 Å². The molecule has 130 valence electrons. The van der Waals surface area contributed by atoms with Crippen LogP contribution in [0.3, 0.4) is 0 Å². The van der Waals surface area contributed by atoms with Crippen molar-refractivity contribution in [3.8, 4) is 0 Å². The molecule has 23 heavy (non-hydrogen) atoms. The van der Waals surface area contributed by atoms with Crippen LogP contribution in [0.25, 0.3) is 0 Å². The molecule has 1 amide bonds. The highest BCUT2D eigenvalue weighted by Gasteiger charge is 2.73. The molecule has 1 fully saturated rings. The van der Waals surface area contributed by atoms with E-state index in [4.69, 9.17) is 4.42 Å². The number of nitrogens with zero attached hydrogens (tertiary/aromatic N) is 2. The molecule has 0 saturated carbocycles. The van der Waals surface area contributed by atoms with Crippen LogP contribution < -0.4 is 0 Å². The van der Waals surface area contributed by atoms with Gasteiger partial charge in [-0.05, 0) is 6.42 Å². The van der Waals surface area contributed by atoms with Crippen LogP contribution in [0.1, 0.15) is 42.4 Å². The first-order valence-corrected chi connectivity index (χ1v) is 6.77. The molecule has 1 saturated heterocycles. The minimum Gasteiger partial charge on any atom is -0.447 e. The van der Waals surface area contributed by atoms with E-state index in [0.29, 0.717) is 4.90 Å². The molecule has 0 radical (unpaired) electrons. The van der Waals surface area contributed by atoms with Crippen LogP contribution in [0, 0.1) is 5.41 Å². The van der Waals surface area contributed by atoms with Crippen LogP contribution in [-0.4, -0.2) is 41.2 Å². The van der Waals surface area contributed by atoms with Gasteiger partial charge in [0.05, 0.1) is 0 Å². The summed E-state index contributed by atoms with van der Waals surface area (Å²) in [5.41, 5.74) is -4.16. The smallest absolute Gasteiger partial charge is 0.404 e. The molecule has 0 N–H and O–H groups in total. The molecule has 1 aromatic rings. The van der Waals surface area contributed by atoms with Gasteiger partial charge in [0.1, 0.15) is 5.76 Å². The summed E-state index contributed by atoms with van der Waals surface area (Å²) in [6.07, 6.45) is -11.3. The molecule has 1 aliphatic rings. The van der Waals surface area contributed by atoms with E-state index in [1.807, 2.05) is 0 Å². The summed E-state index contributed by atoms with van der Waals surface area (Å²) in [7, 11) is 0. The number of rotatable bonds is 2. The molecule has 2 heterocycles. The number of carbonyl (C=O) groups excluding carboxylic acids is 1. The largest absolute Gasteiger partial charge is 0.447 e. The number of hydrogen-bond acceptors (Lipinski definition) is 3. The second-order valence-corrected chi connectivity index (χ2v) is 5.77. The number of halogens is 6. The van der Waals surface area contributed by atoms with Gasteiger partial charge in [-0.3, -0.25) is 4.79 Å². The molecule has 0 spiro atoms.